The van der Waals surface area contributed by atoms with Crippen molar-refractivity contribution in [1.29, 1.82) is 0 Å². The number of nitrogens with zero attached hydrogens (tertiary/aromatic N) is 3. The van der Waals surface area contributed by atoms with Crippen LogP contribution in [0.4, 0.5) is 11.4 Å². The summed E-state index contributed by atoms with van der Waals surface area (Å²) in [7, 11) is 1.56. The van der Waals surface area contributed by atoms with Crippen LogP contribution in [0.15, 0.2) is 96.1 Å². The number of nitro benzene ring substituents is 1. The molecule has 224 valence electrons. The van der Waals surface area contributed by atoms with Crippen LogP contribution in [0.1, 0.15) is 33.7 Å². The fourth-order valence-corrected chi connectivity index (χ4v) is 7.46. The van der Waals surface area contributed by atoms with Gasteiger partial charge in [0, 0.05) is 23.2 Å². The molecular formula is C34H25ClN4O6. The number of imide groups is 1. The highest BCUT2D eigenvalue weighted by Gasteiger charge is 2.68. The standard InChI is InChI=1S/C34H25ClN4O6/c1-45-21-13-10-19(11-14-21)16-28(40)37-36-18-34-24-8-4-2-6-22(24)29(23-7-3-5-9-25(23)34)30-31(34)33(42)38(32(30)41)26-15-12-20(35)17-27(26)39(43)44/h2-15,17-18,29-31H,16H2,1H3,(H,37,40)/b36-18+. The Labute approximate surface area is 262 Å². The normalized spacial score (nSPS) is 22.6. The molecule has 0 spiro atoms. The maximum atomic E-state index is 14.5. The molecule has 4 aromatic carbocycles. The van der Waals surface area contributed by atoms with Crippen LogP contribution in [0.3, 0.4) is 0 Å². The molecule has 11 heteroatoms. The number of rotatable bonds is 7. The fraction of sp³-hybridized carbons (Fsp3) is 0.176. The first kappa shape index (κ1) is 28.4. The lowest BCUT2D eigenvalue weighted by atomic mass is 9.47. The van der Waals surface area contributed by atoms with Gasteiger partial charge in [-0.2, -0.15) is 5.10 Å². The molecule has 1 N–H and O–H groups in total. The lowest BCUT2D eigenvalue weighted by Crippen LogP contribution is -2.54. The molecule has 0 saturated carbocycles. The highest BCUT2D eigenvalue weighted by atomic mass is 35.5. The Morgan fingerprint density at radius 1 is 1.00 bits per heavy atom. The maximum absolute atomic E-state index is 14.5. The van der Waals surface area contributed by atoms with Crippen LogP contribution in [0.5, 0.6) is 5.75 Å². The van der Waals surface area contributed by atoms with Gasteiger partial charge in [0.25, 0.3) is 5.69 Å². The van der Waals surface area contributed by atoms with Crippen molar-refractivity contribution in [2.45, 2.75) is 17.8 Å². The minimum absolute atomic E-state index is 0.0566. The van der Waals surface area contributed by atoms with E-state index in [1.54, 1.807) is 37.6 Å². The van der Waals surface area contributed by atoms with Gasteiger partial charge in [0.1, 0.15) is 11.4 Å². The molecule has 1 fully saturated rings. The maximum Gasteiger partial charge on any atom is 0.294 e. The van der Waals surface area contributed by atoms with Crippen LogP contribution in [-0.4, -0.2) is 36.0 Å². The largest absolute Gasteiger partial charge is 0.497 e. The van der Waals surface area contributed by atoms with E-state index in [9.17, 15) is 24.5 Å². The van der Waals surface area contributed by atoms with E-state index in [0.717, 1.165) is 38.8 Å². The SMILES string of the molecule is COc1ccc(CC(=O)N/N=C/C23c4ccccc4C(c4ccccc42)C2C(=O)N(c4ccc(Cl)cc4[N+](=O)[O-])C(=O)C23)cc1. The molecular weight excluding hydrogens is 596 g/mol. The third kappa shape index (κ3) is 4.24. The molecule has 8 rings (SSSR count). The first-order valence-corrected chi connectivity index (χ1v) is 14.6. The number of ether oxygens (including phenoxy) is 1. The number of methoxy groups -OCH3 is 1. The van der Waals surface area contributed by atoms with Crippen LogP contribution >= 0.6 is 11.6 Å². The monoisotopic (exact) mass is 620 g/mol. The van der Waals surface area contributed by atoms with Crippen molar-refractivity contribution in [2.24, 2.45) is 16.9 Å². The van der Waals surface area contributed by atoms with Gasteiger partial charge >= 0.3 is 0 Å². The summed E-state index contributed by atoms with van der Waals surface area (Å²) in [5.74, 6) is -3.12. The molecule has 3 amide bonds. The van der Waals surface area contributed by atoms with Gasteiger partial charge < -0.3 is 4.74 Å². The van der Waals surface area contributed by atoms with Crippen molar-refractivity contribution >= 4 is 46.9 Å². The molecule has 4 aliphatic rings. The van der Waals surface area contributed by atoms with Crippen LogP contribution < -0.4 is 15.1 Å². The molecule has 1 saturated heterocycles. The minimum atomic E-state index is -1.25. The second-order valence-electron chi connectivity index (χ2n) is 11.2. The van der Waals surface area contributed by atoms with E-state index in [0.29, 0.717) is 5.75 Å². The average molecular weight is 621 g/mol. The Balaban J connectivity index is 1.34. The van der Waals surface area contributed by atoms with Crippen LogP contribution in [-0.2, 0) is 26.2 Å². The summed E-state index contributed by atoms with van der Waals surface area (Å²) in [4.78, 5) is 54.1. The first-order valence-electron chi connectivity index (χ1n) is 14.2. The van der Waals surface area contributed by atoms with Crippen molar-refractivity contribution < 1.29 is 24.0 Å². The minimum Gasteiger partial charge on any atom is -0.497 e. The van der Waals surface area contributed by atoms with Gasteiger partial charge in [-0.05, 0) is 52.1 Å². The third-order valence-corrected chi connectivity index (χ3v) is 9.28. The van der Waals surface area contributed by atoms with E-state index >= 15 is 0 Å². The second kappa shape index (κ2) is 10.7. The van der Waals surface area contributed by atoms with Crippen LogP contribution in [0.25, 0.3) is 0 Å². The molecule has 1 aliphatic heterocycles. The van der Waals surface area contributed by atoms with Crippen molar-refractivity contribution in [3.8, 4) is 5.75 Å². The summed E-state index contributed by atoms with van der Waals surface area (Å²) in [5.41, 5.74) is 4.84. The molecule has 2 unspecified atom stereocenters. The molecule has 1 heterocycles. The number of hydrogen-bond donors (Lipinski definition) is 1. The number of carbonyl (C=O) groups excluding carboxylic acids is 3. The first-order chi connectivity index (χ1) is 21.8. The number of hydrogen-bond acceptors (Lipinski definition) is 7. The average Bonchev–Trinajstić information content (AvgIpc) is 3.32. The summed E-state index contributed by atoms with van der Waals surface area (Å²) >= 11 is 6.06. The zero-order valence-corrected chi connectivity index (χ0v) is 24.6. The number of nitrogens with one attached hydrogen (secondary N) is 1. The van der Waals surface area contributed by atoms with E-state index in [1.807, 2.05) is 48.5 Å². The fourth-order valence-electron chi connectivity index (χ4n) is 7.29. The number of benzene rings is 4. The number of amides is 3. The van der Waals surface area contributed by atoms with Gasteiger partial charge in [-0.15, -0.1) is 0 Å². The molecule has 2 bridgehead atoms. The van der Waals surface area contributed by atoms with Gasteiger partial charge in [0.2, 0.25) is 17.7 Å². The zero-order valence-electron chi connectivity index (χ0n) is 23.8. The van der Waals surface area contributed by atoms with E-state index in [4.69, 9.17) is 16.3 Å². The molecule has 2 atom stereocenters. The molecule has 10 nitrogen and oxygen atoms in total. The Morgan fingerprint density at radius 2 is 1.64 bits per heavy atom. The Kier molecular flexibility index (Phi) is 6.74. The van der Waals surface area contributed by atoms with Gasteiger partial charge in [0.15, 0.2) is 0 Å². The molecule has 0 aromatic heterocycles. The van der Waals surface area contributed by atoms with E-state index in [1.165, 1.54) is 12.1 Å². The number of hydrazone groups is 1. The van der Waals surface area contributed by atoms with Crippen molar-refractivity contribution in [1.82, 2.24) is 5.43 Å². The smallest absolute Gasteiger partial charge is 0.294 e. The van der Waals surface area contributed by atoms with E-state index in [-0.39, 0.29) is 23.0 Å². The molecule has 4 aromatic rings. The highest BCUT2D eigenvalue weighted by molar-refractivity contribution is 6.31. The summed E-state index contributed by atoms with van der Waals surface area (Å²) in [6, 6.07) is 26.1. The summed E-state index contributed by atoms with van der Waals surface area (Å²) in [5, 5.41) is 16.5. The van der Waals surface area contributed by atoms with Crippen molar-refractivity contribution in [3.63, 3.8) is 0 Å². The lowest BCUT2D eigenvalue weighted by molar-refractivity contribution is -0.384. The number of nitro groups is 1. The summed E-state index contributed by atoms with van der Waals surface area (Å²) in [6.07, 6.45) is 1.61. The molecule has 0 radical (unpaired) electrons. The Bertz CT molecular complexity index is 1890. The molecule has 45 heavy (non-hydrogen) atoms. The van der Waals surface area contributed by atoms with Gasteiger partial charge in [0.05, 0.1) is 35.7 Å². The van der Waals surface area contributed by atoms with Gasteiger partial charge in [-0.1, -0.05) is 72.3 Å². The summed E-state index contributed by atoms with van der Waals surface area (Å²) < 4.78 is 5.18. The van der Waals surface area contributed by atoms with Crippen LogP contribution in [0, 0.1) is 22.0 Å². The van der Waals surface area contributed by atoms with Gasteiger partial charge in [-0.25, -0.2) is 10.3 Å². The van der Waals surface area contributed by atoms with Crippen LogP contribution in [0.2, 0.25) is 5.02 Å². The third-order valence-electron chi connectivity index (χ3n) is 9.04. The number of halogens is 1. The Hall–Kier alpha value is -5.35. The molecule has 3 aliphatic carbocycles. The zero-order chi connectivity index (χ0) is 31.5. The number of carbonyl (C=O) groups is 3. The summed E-state index contributed by atoms with van der Waals surface area (Å²) in [6.45, 7) is 0. The van der Waals surface area contributed by atoms with E-state index < -0.39 is 45.6 Å². The van der Waals surface area contributed by atoms with Crippen molar-refractivity contribution in [3.05, 3.63) is 134 Å². The topological polar surface area (TPSA) is 131 Å². The number of anilines is 1. The van der Waals surface area contributed by atoms with E-state index in [2.05, 4.69) is 10.5 Å². The van der Waals surface area contributed by atoms with Gasteiger partial charge in [-0.3, -0.25) is 24.5 Å². The Morgan fingerprint density at radius 3 is 2.27 bits per heavy atom. The predicted octanol–water partition coefficient (Wildman–Crippen LogP) is 5.15. The highest BCUT2D eigenvalue weighted by Crippen LogP contribution is 2.64. The quantitative estimate of drug-likeness (QED) is 0.132. The second-order valence-corrected chi connectivity index (χ2v) is 11.7. The van der Waals surface area contributed by atoms with Crippen molar-refractivity contribution in [2.75, 3.05) is 12.0 Å². The lowest BCUT2D eigenvalue weighted by Gasteiger charge is -2.52. The predicted molar refractivity (Wildman–Crippen MR) is 166 cm³/mol.